The average Bonchev–Trinajstić information content (AvgIpc) is 3.33. The zero-order chi connectivity index (χ0) is 18.8. The van der Waals surface area contributed by atoms with Gasteiger partial charge in [-0.2, -0.15) is 0 Å². The molecule has 5 nitrogen and oxygen atoms in total. The Balaban J connectivity index is 1.34. The van der Waals surface area contributed by atoms with Crippen LogP contribution in [0.15, 0.2) is 50.9 Å². The van der Waals surface area contributed by atoms with Gasteiger partial charge in [-0.1, -0.05) is 0 Å². The zero-order valence-corrected chi connectivity index (χ0v) is 16.8. The molecule has 0 spiro atoms. The second kappa shape index (κ2) is 7.92. The lowest BCUT2D eigenvalue weighted by Gasteiger charge is -2.34. The Morgan fingerprint density at radius 1 is 1.26 bits per heavy atom. The lowest BCUT2D eigenvalue weighted by molar-refractivity contribution is 0.0626. The standard InChI is InChI=1S/C19H17BrFN3O2S/c20-16-10-13(21)3-4-15(16)19(25)24-7-5-23(6-8-24)11-14-12-27-18(22-14)17-2-1-9-26-17/h1-4,9-10,12H,5-8,11H2. The van der Waals surface area contributed by atoms with Crippen LogP contribution >= 0.6 is 27.3 Å². The summed E-state index contributed by atoms with van der Waals surface area (Å²) in [5.74, 6) is 0.349. The van der Waals surface area contributed by atoms with Crippen molar-refractivity contribution >= 4 is 33.2 Å². The first-order valence-corrected chi connectivity index (χ1v) is 10.2. The SMILES string of the molecule is O=C(c1ccc(F)cc1Br)N1CCN(Cc2csc(-c3ccco3)n2)CC1. The first kappa shape index (κ1) is 18.3. The molecule has 2 aromatic heterocycles. The van der Waals surface area contributed by atoms with Gasteiger partial charge < -0.3 is 9.32 Å². The highest BCUT2D eigenvalue weighted by atomic mass is 79.9. The lowest BCUT2D eigenvalue weighted by atomic mass is 10.1. The Hall–Kier alpha value is -2.03. The number of benzene rings is 1. The maximum absolute atomic E-state index is 13.2. The van der Waals surface area contributed by atoms with Crippen molar-refractivity contribution in [1.29, 1.82) is 0 Å². The predicted octanol–water partition coefficient (Wildman–Crippen LogP) is 4.26. The summed E-state index contributed by atoms with van der Waals surface area (Å²) in [7, 11) is 0. The fourth-order valence-electron chi connectivity index (χ4n) is 3.06. The summed E-state index contributed by atoms with van der Waals surface area (Å²) in [6.45, 7) is 3.57. The number of hydrogen-bond donors (Lipinski definition) is 0. The molecule has 1 aliphatic rings. The molecule has 3 aromatic rings. The molecule has 140 valence electrons. The van der Waals surface area contributed by atoms with Gasteiger partial charge in [-0.15, -0.1) is 11.3 Å². The van der Waals surface area contributed by atoms with Crippen LogP contribution in [0.25, 0.3) is 10.8 Å². The molecule has 0 atom stereocenters. The van der Waals surface area contributed by atoms with Gasteiger partial charge in [-0.3, -0.25) is 9.69 Å². The average molecular weight is 450 g/mol. The Labute approximate surface area is 168 Å². The van der Waals surface area contributed by atoms with Crippen LogP contribution in [0.3, 0.4) is 0 Å². The number of carbonyl (C=O) groups is 1. The number of amides is 1. The second-order valence-electron chi connectivity index (χ2n) is 6.31. The highest BCUT2D eigenvalue weighted by Crippen LogP contribution is 2.25. The molecule has 0 bridgehead atoms. The summed E-state index contributed by atoms with van der Waals surface area (Å²) in [4.78, 5) is 21.4. The minimum absolute atomic E-state index is 0.0738. The van der Waals surface area contributed by atoms with Crippen LogP contribution in [0.2, 0.25) is 0 Å². The van der Waals surface area contributed by atoms with E-state index in [1.807, 2.05) is 22.4 Å². The highest BCUT2D eigenvalue weighted by Gasteiger charge is 2.24. The van der Waals surface area contributed by atoms with Crippen LogP contribution < -0.4 is 0 Å². The molecule has 1 aromatic carbocycles. The Morgan fingerprint density at radius 3 is 2.78 bits per heavy atom. The molecule has 0 N–H and O–H groups in total. The van der Waals surface area contributed by atoms with Crippen molar-refractivity contribution in [1.82, 2.24) is 14.8 Å². The number of rotatable bonds is 4. The van der Waals surface area contributed by atoms with Crippen LogP contribution in [-0.2, 0) is 6.54 Å². The van der Waals surface area contributed by atoms with E-state index in [0.29, 0.717) is 23.1 Å². The van der Waals surface area contributed by atoms with Crippen LogP contribution in [0, 0.1) is 5.82 Å². The van der Waals surface area contributed by atoms with Crippen molar-refractivity contribution in [2.75, 3.05) is 26.2 Å². The first-order chi connectivity index (χ1) is 13.1. The van der Waals surface area contributed by atoms with Crippen LogP contribution in [0.4, 0.5) is 4.39 Å². The van der Waals surface area contributed by atoms with Crippen molar-refractivity contribution in [2.24, 2.45) is 0 Å². The maximum atomic E-state index is 13.2. The number of carbonyl (C=O) groups excluding carboxylic acids is 1. The summed E-state index contributed by atoms with van der Waals surface area (Å²) in [6.07, 6.45) is 1.64. The quantitative estimate of drug-likeness (QED) is 0.596. The van der Waals surface area contributed by atoms with E-state index in [-0.39, 0.29) is 11.7 Å². The normalized spacial score (nSPS) is 15.3. The molecule has 0 radical (unpaired) electrons. The summed E-state index contributed by atoms with van der Waals surface area (Å²) in [5, 5.41) is 2.93. The van der Waals surface area contributed by atoms with E-state index in [1.165, 1.54) is 18.2 Å². The molecule has 1 saturated heterocycles. The lowest BCUT2D eigenvalue weighted by Crippen LogP contribution is -2.48. The number of halogens is 2. The number of hydrogen-bond acceptors (Lipinski definition) is 5. The van der Waals surface area contributed by atoms with Gasteiger partial charge in [0.25, 0.3) is 5.91 Å². The summed E-state index contributed by atoms with van der Waals surface area (Å²) in [6, 6.07) is 7.92. The van der Waals surface area contributed by atoms with Crippen LogP contribution in [-0.4, -0.2) is 46.9 Å². The minimum Gasteiger partial charge on any atom is -0.462 e. The van der Waals surface area contributed by atoms with E-state index in [4.69, 9.17) is 4.42 Å². The van der Waals surface area contributed by atoms with Crippen molar-refractivity contribution in [3.63, 3.8) is 0 Å². The smallest absolute Gasteiger partial charge is 0.255 e. The molecule has 0 aliphatic carbocycles. The number of aromatic nitrogens is 1. The van der Waals surface area contributed by atoms with Gasteiger partial charge in [0.05, 0.1) is 17.5 Å². The predicted molar refractivity (Wildman–Crippen MR) is 105 cm³/mol. The molecule has 0 saturated carbocycles. The van der Waals surface area contributed by atoms with Gasteiger partial charge in [0.2, 0.25) is 0 Å². The van der Waals surface area contributed by atoms with Gasteiger partial charge >= 0.3 is 0 Å². The molecule has 1 aliphatic heterocycles. The van der Waals surface area contributed by atoms with E-state index < -0.39 is 0 Å². The van der Waals surface area contributed by atoms with Gasteiger partial charge in [0.15, 0.2) is 10.8 Å². The second-order valence-corrected chi connectivity index (χ2v) is 8.03. The molecular weight excluding hydrogens is 433 g/mol. The summed E-state index contributed by atoms with van der Waals surface area (Å²) >= 11 is 4.85. The fourth-order valence-corrected chi connectivity index (χ4v) is 4.36. The number of furan rings is 1. The molecule has 27 heavy (non-hydrogen) atoms. The van der Waals surface area contributed by atoms with Gasteiger partial charge in [0, 0.05) is 42.6 Å². The number of nitrogens with zero attached hydrogens (tertiary/aromatic N) is 3. The topological polar surface area (TPSA) is 49.6 Å². The number of piperazine rings is 1. The Morgan fingerprint density at radius 2 is 2.07 bits per heavy atom. The third-order valence-corrected chi connectivity index (χ3v) is 6.05. The van der Waals surface area contributed by atoms with Crippen LogP contribution in [0.1, 0.15) is 16.1 Å². The highest BCUT2D eigenvalue weighted by molar-refractivity contribution is 9.10. The summed E-state index contributed by atoms with van der Waals surface area (Å²) < 4.78 is 19.1. The van der Waals surface area contributed by atoms with Gasteiger partial charge in [0.1, 0.15) is 5.82 Å². The van der Waals surface area contributed by atoms with E-state index in [2.05, 4.69) is 25.8 Å². The van der Waals surface area contributed by atoms with Gasteiger partial charge in [-0.05, 0) is 46.3 Å². The monoisotopic (exact) mass is 449 g/mol. The third-order valence-electron chi connectivity index (χ3n) is 4.49. The number of thiazole rings is 1. The molecule has 3 heterocycles. The minimum atomic E-state index is -0.361. The molecular formula is C19H17BrFN3O2S. The molecule has 0 unspecified atom stereocenters. The van der Waals surface area contributed by atoms with Crippen molar-refractivity contribution in [3.05, 3.63) is 63.5 Å². The van der Waals surface area contributed by atoms with E-state index >= 15 is 0 Å². The van der Waals surface area contributed by atoms with E-state index in [9.17, 15) is 9.18 Å². The maximum Gasteiger partial charge on any atom is 0.255 e. The zero-order valence-electron chi connectivity index (χ0n) is 14.4. The Kier molecular flexibility index (Phi) is 5.38. The Bertz CT molecular complexity index is 936. The van der Waals surface area contributed by atoms with Crippen molar-refractivity contribution in [2.45, 2.75) is 6.54 Å². The molecule has 1 amide bonds. The van der Waals surface area contributed by atoms with E-state index in [1.54, 1.807) is 17.6 Å². The van der Waals surface area contributed by atoms with Crippen molar-refractivity contribution in [3.8, 4) is 10.8 Å². The molecule has 8 heteroatoms. The fraction of sp³-hybridized carbons (Fsp3) is 0.263. The molecule has 4 rings (SSSR count). The summed E-state index contributed by atoms with van der Waals surface area (Å²) in [5.41, 5.74) is 1.50. The van der Waals surface area contributed by atoms with Crippen LogP contribution in [0.5, 0.6) is 0 Å². The first-order valence-electron chi connectivity index (χ1n) is 8.55. The molecule has 1 fully saturated rings. The van der Waals surface area contributed by atoms with E-state index in [0.717, 1.165) is 36.1 Å². The van der Waals surface area contributed by atoms with Crippen molar-refractivity contribution < 1.29 is 13.6 Å². The third kappa shape index (κ3) is 4.12. The van der Waals surface area contributed by atoms with Gasteiger partial charge in [-0.25, -0.2) is 9.37 Å². The largest absolute Gasteiger partial charge is 0.462 e.